The Balaban J connectivity index is 2.84. The predicted octanol–water partition coefficient (Wildman–Crippen LogP) is 2.90. The molecular weight excluding hydrogens is 256 g/mol. The zero-order chi connectivity index (χ0) is 13.0. The molecule has 1 aromatic rings. The maximum atomic E-state index is 11.9. The standard InChI is InChI=1S/C12H15ClN2OS/c1-3-9(11(14)17)12(16)15-10-5-4-8(13)6-7(10)2/h4-6,9H,3H2,1-2H3,(H2,14,17)(H,15,16). The van der Waals surface area contributed by atoms with Crippen LogP contribution in [0.1, 0.15) is 18.9 Å². The Bertz CT molecular complexity index is 448. The van der Waals surface area contributed by atoms with Crippen LogP contribution in [0.2, 0.25) is 5.02 Å². The van der Waals surface area contributed by atoms with E-state index in [2.05, 4.69) is 5.32 Å². The van der Waals surface area contributed by atoms with Crippen molar-refractivity contribution in [2.24, 2.45) is 11.7 Å². The molecule has 0 radical (unpaired) electrons. The van der Waals surface area contributed by atoms with E-state index in [0.717, 1.165) is 11.3 Å². The summed E-state index contributed by atoms with van der Waals surface area (Å²) in [4.78, 5) is 12.1. The molecule has 1 amide bonds. The van der Waals surface area contributed by atoms with E-state index in [-0.39, 0.29) is 10.9 Å². The topological polar surface area (TPSA) is 55.1 Å². The number of amides is 1. The van der Waals surface area contributed by atoms with Gasteiger partial charge in [-0.1, -0.05) is 30.7 Å². The van der Waals surface area contributed by atoms with Gasteiger partial charge in [0.05, 0.1) is 10.9 Å². The van der Waals surface area contributed by atoms with Crippen LogP contribution < -0.4 is 11.1 Å². The van der Waals surface area contributed by atoms with Crippen LogP contribution in [0.25, 0.3) is 0 Å². The largest absolute Gasteiger partial charge is 0.393 e. The second-order valence-corrected chi connectivity index (χ2v) is 4.72. The van der Waals surface area contributed by atoms with E-state index in [1.807, 2.05) is 13.8 Å². The van der Waals surface area contributed by atoms with Crippen molar-refractivity contribution < 1.29 is 4.79 Å². The molecule has 1 aromatic carbocycles. The monoisotopic (exact) mass is 270 g/mol. The lowest BCUT2D eigenvalue weighted by Gasteiger charge is -2.14. The lowest BCUT2D eigenvalue weighted by molar-refractivity contribution is -0.118. The van der Waals surface area contributed by atoms with Gasteiger partial charge in [-0.15, -0.1) is 0 Å². The van der Waals surface area contributed by atoms with E-state index in [1.165, 1.54) is 0 Å². The smallest absolute Gasteiger partial charge is 0.234 e. The summed E-state index contributed by atoms with van der Waals surface area (Å²) in [6, 6.07) is 5.28. The average Bonchev–Trinajstić information content (AvgIpc) is 2.22. The predicted molar refractivity (Wildman–Crippen MR) is 75.4 cm³/mol. The molecule has 0 aliphatic heterocycles. The Labute approximate surface area is 111 Å². The molecule has 0 heterocycles. The number of hydrogen-bond acceptors (Lipinski definition) is 2. The van der Waals surface area contributed by atoms with Gasteiger partial charge in [0.15, 0.2) is 0 Å². The van der Waals surface area contributed by atoms with Crippen molar-refractivity contribution in [1.82, 2.24) is 0 Å². The number of nitrogens with one attached hydrogen (secondary N) is 1. The van der Waals surface area contributed by atoms with Crippen LogP contribution in [0.4, 0.5) is 5.69 Å². The fourth-order valence-corrected chi connectivity index (χ4v) is 2.00. The summed E-state index contributed by atoms with van der Waals surface area (Å²) < 4.78 is 0. The number of rotatable bonds is 4. The summed E-state index contributed by atoms with van der Waals surface area (Å²) in [7, 11) is 0. The van der Waals surface area contributed by atoms with Crippen molar-refractivity contribution in [1.29, 1.82) is 0 Å². The number of halogens is 1. The SMILES string of the molecule is CCC(C(=O)Nc1ccc(Cl)cc1C)C(N)=S. The van der Waals surface area contributed by atoms with Crippen LogP contribution in [-0.4, -0.2) is 10.9 Å². The number of hydrogen-bond donors (Lipinski definition) is 2. The number of benzene rings is 1. The summed E-state index contributed by atoms with van der Waals surface area (Å²) >= 11 is 10.7. The molecule has 3 N–H and O–H groups in total. The highest BCUT2D eigenvalue weighted by Crippen LogP contribution is 2.20. The van der Waals surface area contributed by atoms with Crippen LogP contribution >= 0.6 is 23.8 Å². The van der Waals surface area contributed by atoms with E-state index in [0.29, 0.717) is 11.4 Å². The average molecular weight is 271 g/mol. The molecule has 0 aromatic heterocycles. The maximum Gasteiger partial charge on any atom is 0.234 e. The van der Waals surface area contributed by atoms with Crippen molar-refractivity contribution >= 4 is 40.4 Å². The molecule has 5 heteroatoms. The van der Waals surface area contributed by atoms with Crippen LogP contribution in [0, 0.1) is 12.8 Å². The molecule has 0 spiro atoms. The Morgan fingerprint density at radius 3 is 2.71 bits per heavy atom. The van der Waals surface area contributed by atoms with E-state index in [4.69, 9.17) is 29.6 Å². The molecule has 0 bridgehead atoms. The van der Waals surface area contributed by atoms with E-state index < -0.39 is 5.92 Å². The first-order chi connectivity index (χ1) is 7.95. The second-order valence-electron chi connectivity index (χ2n) is 3.81. The number of anilines is 1. The number of carbonyl (C=O) groups is 1. The summed E-state index contributed by atoms with van der Waals surface area (Å²) in [6.45, 7) is 3.75. The van der Waals surface area contributed by atoms with Crippen molar-refractivity contribution in [3.8, 4) is 0 Å². The highest BCUT2D eigenvalue weighted by Gasteiger charge is 2.19. The molecule has 0 saturated carbocycles. The number of aryl methyl sites for hydroxylation is 1. The zero-order valence-corrected chi connectivity index (χ0v) is 11.4. The quantitative estimate of drug-likeness (QED) is 0.827. The molecular formula is C12H15ClN2OS. The number of nitrogens with two attached hydrogens (primary N) is 1. The zero-order valence-electron chi connectivity index (χ0n) is 9.79. The molecule has 3 nitrogen and oxygen atoms in total. The first-order valence-corrected chi connectivity index (χ1v) is 6.10. The summed E-state index contributed by atoms with van der Waals surface area (Å²) in [5.74, 6) is -0.606. The summed E-state index contributed by atoms with van der Waals surface area (Å²) in [6.07, 6.45) is 0.591. The Kier molecular flexibility index (Phi) is 4.90. The lowest BCUT2D eigenvalue weighted by atomic mass is 10.1. The van der Waals surface area contributed by atoms with Gasteiger partial charge in [-0.05, 0) is 37.1 Å². The third-order valence-corrected chi connectivity index (χ3v) is 3.03. The van der Waals surface area contributed by atoms with E-state index >= 15 is 0 Å². The van der Waals surface area contributed by atoms with Crippen LogP contribution in [0.3, 0.4) is 0 Å². The molecule has 0 fully saturated rings. The highest BCUT2D eigenvalue weighted by atomic mass is 35.5. The molecule has 0 aliphatic carbocycles. The first kappa shape index (κ1) is 13.9. The fraction of sp³-hybridized carbons (Fsp3) is 0.333. The van der Waals surface area contributed by atoms with Gasteiger partial charge in [-0.3, -0.25) is 4.79 Å². The maximum absolute atomic E-state index is 11.9. The first-order valence-electron chi connectivity index (χ1n) is 5.32. The van der Waals surface area contributed by atoms with Crippen molar-refractivity contribution in [2.75, 3.05) is 5.32 Å². The van der Waals surface area contributed by atoms with Gasteiger partial charge in [0.25, 0.3) is 0 Å². The third kappa shape index (κ3) is 3.68. The van der Waals surface area contributed by atoms with Crippen LogP contribution in [-0.2, 0) is 4.79 Å². The minimum atomic E-state index is -0.430. The van der Waals surface area contributed by atoms with E-state index in [9.17, 15) is 4.79 Å². The molecule has 1 atom stereocenters. The van der Waals surface area contributed by atoms with Gasteiger partial charge in [-0.25, -0.2) is 0 Å². The van der Waals surface area contributed by atoms with Crippen molar-refractivity contribution in [2.45, 2.75) is 20.3 Å². The molecule has 17 heavy (non-hydrogen) atoms. The molecule has 1 rings (SSSR count). The van der Waals surface area contributed by atoms with Gasteiger partial charge in [0, 0.05) is 10.7 Å². The number of carbonyl (C=O) groups excluding carboxylic acids is 1. The van der Waals surface area contributed by atoms with Gasteiger partial charge < -0.3 is 11.1 Å². The molecule has 1 unspecified atom stereocenters. The second kappa shape index (κ2) is 5.98. The Morgan fingerprint density at radius 1 is 1.59 bits per heavy atom. The molecule has 0 saturated heterocycles. The minimum absolute atomic E-state index is 0.176. The normalized spacial score (nSPS) is 11.9. The van der Waals surface area contributed by atoms with Crippen molar-refractivity contribution in [3.63, 3.8) is 0 Å². The molecule has 92 valence electrons. The lowest BCUT2D eigenvalue weighted by Crippen LogP contribution is -2.32. The highest BCUT2D eigenvalue weighted by molar-refractivity contribution is 7.80. The number of thiocarbonyl (C=S) groups is 1. The fourth-order valence-electron chi connectivity index (χ4n) is 1.50. The van der Waals surface area contributed by atoms with Crippen LogP contribution in [0.15, 0.2) is 18.2 Å². The van der Waals surface area contributed by atoms with Crippen molar-refractivity contribution in [3.05, 3.63) is 28.8 Å². The van der Waals surface area contributed by atoms with Gasteiger partial charge in [-0.2, -0.15) is 0 Å². The van der Waals surface area contributed by atoms with Gasteiger partial charge in [0.1, 0.15) is 0 Å². The van der Waals surface area contributed by atoms with E-state index in [1.54, 1.807) is 18.2 Å². The minimum Gasteiger partial charge on any atom is -0.393 e. The molecule has 0 aliphatic rings. The third-order valence-electron chi connectivity index (χ3n) is 2.51. The van der Waals surface area contributed by atoms with Gasteiger partial charge in [0.2, 0.25) is 5.91 Å². The summed E-state index contributed by atoms with van der Waals surface area (Å²) in [5.41, 5.74) is 7.15. The van der Waals surface area contributed by atoms with Gasteiger partial charge >= 0.3 is 0 Å². The summed E-state index contributed by atoms with van der Waals surface area (Å²) in [5, 5.41) is 3.45. The Hall–Kier alpha value is -1.13. The van der Waals surface area contributed by atoms with Crippen LogP contribution in [0.5, 0.6) is 0 Å². The Morgan fingerprint density at radius 2 is 2.24 bits per heavy atom.